The number of hydrogen-bond donors (Lipinski definition) is 1. The predicted octanol–water partition coefficient (Wildman–Crippen LogP) is 1.45. The Morgan fingerprint density at radius 3 is 2.27 bits per heavy atom. The largest absolute Gasteiger partial charge is 0.376 e. The van der Waals surface area contributed by atoms with E-state index in [2.05, 4.69) is 4.98 Å². The molecule has 1 N–H and O–H groups in total. The number of aromatic amines is 1. The van der Waals surface area contributed by atoms with Gasteiger partial charge in [-0.05, 0) is 41.5 Å². The lowest BCUT2D eigenvalue weighted by atomic mass is 10.1. The molecule has 1 fully saturated rings. The van der Waals surface area contributed by atoms with Gasteiger partial charge in [0, 0.05) is 19.4 Å². The topological polar surface area (TPSA) is 91.8 Å². The quantitative estimate of drug-likeness (QED) is 0.843. The molecule has 0 aromatic carbocycles. The first-order chi connectivity index (χ1) is 11.9. The highest BCUT2D eigenvalue weighted by atomic mass is 16.6. The summed E-state index contributed by atoms with van der Waals surface area (Å²) >= 11 is 0. The standard InChI is InChI=1S/C18H30N2O6/c1-17(2,3)24-10-11-13(23-7)14(26-18(4,5)6)15(25-11)20-9-8-12(21)19-16(20)22/h8-9,11,13-15H,10H2,1-7H3,(H,19,21,22)/t11-,13?,14+,15-/m1/s1. The summed E-state index contributed by atoms with van der Waals surface area (Å²) in [6.45, 7) is 11.9. The van der Waals surface area contributed by atoms with Crippen LogP contribution in [0.5, 0.6) is 0 Å². The van der Waals surface area contributed by atoms with Crippen molar-refractivity contribution < 1.29 is 18.9 Å². The number of aromatic nitrogens is 2. The number of ether oxygens (including phenoxy) is 4. The van der Waals surface area contributed by atoms with Gasteiger partial charge >= 0.3 is 5.69 Å². The molecule has 0 amide bonds. The molecule has 26 heavy (non-hydrogen) atoms. The summed E-state index contributed by atoms with van der Waals surface area (Å²) in [5, 5.41) is 0. The van der Waals surface area contributed by atoms with Crippen molar-refractivity contribution >= 4 is 0 Å². The molecule has 1 aliphatic rings. The fourth-order valence-electron chi connectivity index (χ4n) is 2.85. The van der Waals surface area contributed by atoms with Gasteiger partial charge in [-0.1, -0.05) is 0 Å². The fraction of sp³-hybridized carbons (Fsp3) is 0.778. The Labute approximate surface area is 153 Å². The lowest BCUT2D eigenvalue weighted by Gasteiger charge is -2.31. The first kappa shape index (κ1) is 20.8. The molecule has 1 unspecified atom stereocenters. The second-order valence-electron chi connectivity index (χ2n) is 8.40. The van der Waals surface area contributed by atoms with E-state index in [1.54, 1.807) is 7.11 Å². The maximum Gasteiger partial charge on any atom is 0.330 e. The number of hydrogen-bond acceptors (Lipinski definition) is 6. The van der Waals surface area contributed by atoms with Crippen LogP contribution in [0.2, 0.25) is 0 Å². The zero-order chi connectivity index (χ0) is 19.7. The average Bonchev–Trinajstić information content (AvgIpc) is 2.80. The Balaban J connectivity index is 2.36. The van der Waals surface area contributed by atoms with Gasteiger partial charge in [0.05, 0.1) is 17.8 Å². The molecule has 2 rings (SSSR count). The highest BCUT2D eigenvalue weighted by Crippen LogP contribution is 2.35. The van der Waals surface area contributed by atoms with Crippen LogP contribution in [0.15, 0.2) is 21.9 Å². The van der Waals surface area contributed by atoms with Crippen LogP contribution in [0.4, 0.5) is 0 Å². The van der Waals surface area contributed by atoms with Crippen LogP contribution in [0.25, 0.3) is 0 Å². The van der Waals surface area contributed by atoms with Gasteiger partial charge < -0.3 is 18.9 Å². The van der Waals surface area contributed by atoms with Crippen LogP contribution in [-0.4, -0.2) is 52.8 Å². The van der Waals surface area contributed by atoms with Gasteiger partial charge in [-0.25, -0.2) is 4.79 Å². The van der Waals surface area contributed by atoms with E-state index < -0.39 is 41.4 Å². The van der Waals surface area contributed by atoms with Crippen LogP contribution in [-0.2, 0) is 18.9 Å². The Morgan fingerprint density at radius 1 is 1.12 bits per heavy atom. The van der Waals surface area contributed by atoms with E-state index in [1.807, 2.05) is 41.5 Å². The average molecular weight is 370 g/mol. The second-order valence-corrected chi connectivity index (χ2v) is 8.40. The van der Waals surface area contributed by atoms with Crippen molar-refractivity contribution in [2.24, 2.45) is 0 Å². The molecule has 1 aliphatic heterocycles. The molecule has 0 spiro atoms. The Kier molecular flexibility index (Phi) is 6.12. The molecule has 0 saturated carbocycles. The zero-order valence-corrected chi connectivity index (χ0v) is 16.6. The molecule has 0 bridgehead atoms. The molecule has 0 radical (unpaired) electrons. The molecule has 1 saturated heterocycles. The van der Waals surface area contributed by atoms with Gasteiger partial charge in [-0.3, -0.25) is 14.3 Å². The predicted molar refractivity (Wildman–Crippen MR) is 96.4 cm³/mol. The van der Waals surface area contributed by atoms with Crippen LogP contribution >= 0.6 is 0 Å². The van der Waals surface area contributed by atoms with E-state index in [0.29, 0.717) is 6.61 Å². The molecule has 4 atom stereocenters. The van der Waals surface area contributed by atoms with Crippen molar-refractivity contribution in [3.05, 3.63) is 33.1 Å². The van der Waals surface area contributed by atoms with Gasteiger partial charge in [-0.2, -0.15) is 0 Å². The molecule has 8 nitrogen and oxygen atoms in total. The third kappa shape index (κ3) is 5.26. The molecule has 1 aromatic heterocycles. The summed E-state index contributed by atoms with van der Waals surface area (Å²) in [6, 6.07) is 1.28. The van der Waals surface area contributed by atoms with Crippen LogP contribution in [0.1, 0.15) is 47.8 Å². The van der Waals surface area contributed by atoms with Crippen LogP contribution in [0, 0.1) is 0 Å². The fourth-order valence-corrected chi connectivity index (χ4v) is 2.85. The number of nitrogens with one attached hydrogen (secondary N) is 1. The summed E-state index contributed by atoms with van der Waals surface area (Å²) in [5.41, 5.74) is -1.84. The maximum atomic E-state index is 12.3. The van der Waals surface area contributed by atoms with Gasteiger partial charge in [0.15, 0.2) is 6.23 Å². The Bertz CT molecular complexity index is 712. The molecule has 8 heteroatoms. The molecule has 0 aliphatic carbocycles. The molecule has 148 valence electrons. The third-order valence-corrected chi connectivity index (χ3v) is 3.85. The summed E-state index contributed by atoms with van der Waals surface area (Å²) in [5.74, 6) is 0. The number of nitrogens with zero attached hydrogens (tertiary/aromatic N) is 1. The lowest BCUT2D eigenvalue weighted by Crippen LogP contribution is -2.44. The van der Waals surface area contributed by atoms with Crippen LogP contribution in [0.3, 0.4) is 0 Å². The van der Waals surface area contributed by atoms with Crippen molar-refractivity contribution in [2.75, 3.05) is 13.7 Å². The monoisotopic (exact) mass is 370 g/mol. The van der Waals surface area contributed by atoms with Gasteiger partial charge in [0.2, 0.25) is 0 Å². The minimum atomic E-state index is -0.739. The van der Waals surface area contributed by atoms with Crippen molar-refractivity contribution in [3.8, 4) is 0 Å². The number of methoxy groups -OCH3 is 1. The smallest absolute Gasteiger partial charge is 0.330 e. The van der Waals surface area contributed by atoms with Crippen molar-refractivity contribution in [2.45, 2.75) is 77.3 Å². The van der Waals surface area contributed by atoms with E-state index in [0.717, 1.165) is 0 Å². The van der Waals surface area contributed by atoms with E-state index in [9.17, 15) is 9.59 Å². The number of rotatable bonds is 5. The van der Waals surface area contributed by atoms with E-state index >= 15 is 0 Å². The first-order valence-electron chi connectivity index (χ1n) is 8.73. The summed E-state index contributed by atoms with van der Waals surface area (Å²) in [7, 11) is 1.58. The highest BCUT2D eigenvalue weighted by molar-refractivity contribution is 4.96. The Morgan fingerprint density at radius 2 is 1.77 bits per heavy atom. The molecular weight excluding hydrogens is 340 g/mol. The molecular formula is C18H30N2O6. The number of H-pyrrole nitrogens is 1. The van der Waals surface area contributed by atoms with Crippen LogP contribution < -0.4 is 11.2 Å². The van der Waals surface area contributed by atoms with Gasteiger partial charge in [-0.15, -0.1) is 0 Å². The SMILES string of the molecule is COC1[C@@H](COC(C)(C)C)O[C@@H](n2ccc(=O)[nH]c2=O)[C@H]1OC(C)(C)C. The summed E-state index contributed by atoms with van der Waals surface area (Å²) in [4.78, 5) is 25.9. The zero-order valence-electron chi connectivity index (χ0n) is 16.6. The lowest BCUT2D eigenvalue weighted by molar-refractivity contribution is -0.135. The van der Waals surface area contributed by atoms with Crippen molar-refractivity contribution in [1.82, 2.24) is 9.55 Å². The third-order valence-electron chi connectivity index (χ3n) is 3.85. The highest BCUT2D eigenvalue weighted by Gasteiger charge is 2.49. The summed E-state index contributed by atoms with van der Waals surface area (Å²) in [6.07, 6.45) is -0.727. The second kappa shape index (κ2) is 7.64. The summed E-state index contributed by atoms with van der Waals surface area (Å²) < 4.78 is 25.1. The van der Waals surface area contributed by atoms with E-state index in [4.69, 9.17) is 18.9 Å². The van der Waals surface area contributed by atoms with Gasteiger partial charge in [0.1, 0.15) is 18.3 Å². The molecule has 1 aromatic rings. The van der Waals surface area contributed by atoms with Gasteiger partial charge in [0.25, 0.3) is 5.56 Å². The van der Waals surface area contributed by atoms with Crippen molar-refractivity contribution in [3.63, 3.8) is 0 Å². The normalized spacial score (nSPS) is 27.0. The minimum Gasteiger partial charge on any atom is -0.376 e. The first-order valence-corrected chi connectivity index (χ1v) is 8.73. The van der Waals surface area contributed by atoms with E-state index in [-0.39, 0.29) is 5.60 Å². The minimum absolute atomic E-state index is 0.292. The maximum absolute atomic E-state index is 12.3. The van der Waals surface area contributed by atoms with E-state index in [1.165, 1.54) is 16.8 Å². The Hall–Kier alpha value is -1.48. The molecule has 2 heterocycles. The van der Waals surface area contributed by atoms with Crippen molar-refractivity contribution in [1.29, 1.82) is 0 Å².